The number of piperazine rings is 1. The number of hydrogen-bond donors (Lipinski definition) is 2. The van der Waals surface area contributed by atoms with Gasteiger partial charge in [-0.25, -0.2) is 0 Å². The van der Waals surface area contributed by atoms with Crippen LogP contribution in [0.5, 0.6) is 0 Å². The molecule has 1 aromatic heterocycles. The van der Waals surface area contributed by atoms with Crippen LogP contribution in [0, 0.1) is 0 Å². The molecular weight excluding hydrogens is 234 g/mol. The molecule has 1 fully saturated rings. The van der Waals surface area contributed by atoms with E-state index in [2.05, 4.69) is 15.7 Å². The number of amides is 2. The monoisotopic (exact) mass is 251 g/mol. The summed E-state index contributed by atoms with van der Waals surface area (Å²) in [4.78, 5) is 25.2. The van der Waals surface area contributed by atoms with Gasteiger partial charge < -0.3 is 15.5 Å². The maximum absolute atomic E-state index is 11.8. The van der Waals surface area contributed by atoms with Crippen molar-refractivity contribution in [2.75, 3.05) is 32.7 Å². The van der Waals surface area contributed by atoms with Crippen molar-refractivity contribution < 1.29 is 9.59 Å². The molecule has 0 spiro atoms. The van der Waals surface area contributed by atoms with Gasteiger partial charge in [0.25, 0.3) is 5.91 Å². The molecular formula is C11H17N5O2. The van der Waals surface area contributed by atoms with Crippen LogP contribution in [0.15, 0.2) is 12.3 Å². The molecule has 2 amide bonds. The van der Waals surface area contributed by atoms with Crippen LogP contribution in [0.25, 0.3) is 0 Å². The lowest BCUT2D eigenvalue weighted by Crippen LogP contribution is -2.49. The van der Waals surface area contributed by atoms with E-state index >= 15 is 0 Å². The van der Waals surface area contributed by atoms with Gasteiger partial charge in [0.2, 0.25) is 5.91 Å². The molecule has 1 saturated heterocycles. The van der Waals surface area contributed by atoms with Gasteiger partial charge in [-0.15, -0.1) is 0 Å². The third-order valence-electron chi connectivity index (χ3n) is 2.82. The number of carbonyl (C=O) groups is 2. The summed E-state index contributed by atoms with van der Waals surface area (Å²) in [6, 6.07) is 1.62. The van der Waals surface area contributed by atoms with E-state index < -0.39 is 0 Å². The second kappa shape index (κ2) is 5.63. The molecule has 7 heteroatoms. The standard InChI is InChI=1S/C11H17N5O2/c1-15-5-2-9(14-15)11(18)13-8-10(17)16-6-3-12-4-7-16/h2,5,12H,3-4,6-8H2,1H3,(H,13,18). The predicted octanol–water partition coefficient (Wildman–Crippen LogP) is -1.42. The first kappa shape index (κ1) is 12.6. The van der Waals surface area contributed by atoms with Gasteiger partial charge in [-0.1, -0.05) is 0 Å². The Balaban J connectivity index is 1.80. The van der Waals surface area contributed by atoms with Gasteiger partial charge in [0.05, 0.1) is 6.54 Å². The van der Waals surface area contributed by atoms with Crippen LogP contribution in [0.3, 0.4) is 0 Å². The van der Waals surface area contributed by atoms with Crippen molar-refractivity contribution in [1.82, 2.24) is 25.3 Å². The lowest BCUT2D eigenvalue weighted by Gasteiger charge is -2.27. The largest absolute Gasteiger partial charge is 0.342 e. The molecule has 0 aliphatic carbocycles. The van der Waals surface area contributed by atoms with Crippen molar-refractivity contribution in [3.8, 4) is 0 Å². The van der Waals surface area contributed by atoms with E-state index in [-0.39, 0.29) is 18.4 Å². The average molecular weight is 251 g/mol. The van der Waals surface area contributed by atoms with Crippen LogP contribution in [-0.2, 0) is 11.8 Å². The van der Waals surface area contributed by atoms with Crippen LogP contribution >= 0.6 is 0 Å². The number of hydrogen-bond acceptors (Lipinski definition) is 4. The van der Waals surface area contributed by atoms with Crippen LogP contribution in [0.2, 0.25) is 0 Å². The first-order valence-electron chi connectivity index (χ1n) is 5.93. The van der Waals surface area contributed by atoms with E-state index in [0.717, 1.165) is 13.1 Å². The lowest BCUT2D eigenvalue weighted by atomic mass is 10.3. The number of rotatable bonds is 3. The van der Waals surface area contributed by atoms with Crippen LogP contribution in [0.1, 0.15) is 10.5 Å². The van der Waals surface area contributed by atoms with Gasteiger partial charge in [-0.3, -0.25) is 14.3 Å². The molecule has 0 bridgehead atoms. The van der Waals surface area contributed by atoms with Gasteiger partial charge in [-0.05, 0) is 6.07 Å². The number of nitrogens with zero attached hydrogens (tertiary/aromatic N) is 3. The molecule has 7 nitrogen and oxygen atoms in total. The van der Waals surface area contributed by atoms with E-state index in [0.29, 0.717) is 18.8 Å². The quantitative estimate of drug-likeness (QED) is 0.691. The zero-order chi connectivity index (χ0) is 13.0. The molecule has 0 radical (unpaired) electrons. The highest BCUT2D eigenvalue weighted by Crippen LogP contribution is 1.95. The summed E-state index contributed by atoms with van der Waals surface area (Å²) in [5.74, 6) is -0.375. The molecule has 2 rings (SSSR count). The Kier molecular flexibility index (Phi) is 3.93. The Hall–Kier alpha value is -1.89. The zero-order valence-corrected chi connectivity index (χ0v) is 10.3. The third-order valence-corrected chi connectivity index (χ3v) is 2.82. The number of nitrogens with one attached hydrogen (secondary N) is 2. The summed E-state index contributed by atoms with van der Waals surface area (Å²) in [5.41, 5.74) is 0.325. The van der Waals surface area contributed by atoms with E-state index in [4.69, 9.17) is 0 Å². The predicted molar refractivity (Wildman–Crippen MR) is 65.0 cm³/mol. The van der Waals surface area contributed by atoms with Gasteiger partial charge in [0, 0.05) is 39.4 Å². The Morgan fingerprint density at radius 1 is 1.44 bits per heavy atom. The molecule has 2 heterocycles. The Morgan fingerprint density at radius 2 is 2.17 bits per heavy atom. The van der Waals surface area contributed by atoms with Gasteiger partial charge >= 0.3 is 0 Å². The fraction of sp³-hybridized carbons (Fsp3) is 0.545. The molecule has 1 aliphatic heterocycles. The van der Waals surface area contributed by atoms with Crippen molar-refractivity contribution >= 4 is 11.8 Å². The number of aryl methyl sites for hydroxylation is 1. The molecule has 0 unspecified atom stereocenters. The maximum atomic E-state index is 11.8. The summed E-state index contributed by atoms with van der Waals surface area (Å²) in [7, 11) is 1.74. The lowest BCUT2D eigenvalue weighted by molar-refractivity contribution is -0.130. The highest BCUT2D eigenvalue weighted by molar-refractivity contribution is 5.94. The van der Waals surface area contributed by atoms with Gasteiger partial charge in [-0.2, -0.15) is 5.10 Å². The minimum Gasteiger partial charge on any atom is -0.342 e. The molecule has 98 valence electrons. The SMILES string of the molecule is Cn1ccc(C(=O)NCC(=O)N2CCNCC2)n1. The topological polar surface area (TPSA) is 79.3 Å². The summed E-state index contributed by atoms with van der Waals surface area (Å²) in [6.07, 6.45) is 1.69. The fourth-order valence-corrected chi connectivity index (χ4v) is 1.81. The molecule has 0 saturated carbocycles. The molecule has 0 atom stereocenters. The molecule has 0 aromatic carbocycles. The summed E-state index contributed by atoms with van der Waals surface area (Å²) >= 11 is 0. The Bertz CT molecular complexity index is 436. The van der Waals surface area contributed by atoms with Crippen molar-refractivity contribution in [2.45, 2.75) is 0 Å². The Morgan fingerprint density at radius 3 is 2.78 bits per heavy atom. The second-order valence-electron chi connectivity index (χ2n) is 4.19. The molecule has 1 aliphatic rings. The van der Waals surface area contributed by atoms with Gasteiger partial charge in [0.15, 0.2) is 0 Å². The fourth-order valence-electron chi connectivity index (χ4n) is 1.81. The minimum atomic E-state index is -0.320. The average Bonchev–Trinajstić information content (AvgIpc) is 2.83. The molecule has 2 N–H and O–H groups in total. The number of carbonyl (C=O) groups excluding carboxylic acids is 2. The van der Waals surface area contributed by atoms with E-state index in [9.17, 15) is 9.59 Å². The smallest absolute Gasteiger partial charge is 0.272 e. The van der Waals surface area contributed by atoms with E-state index in [1.165, 1.54) is 0 Å². The zero-order valence-electron chi connectivity index (χ0n) is 10.3. The van der Waals surface area contributed by atoms with E-state index in [1.807, 2.05) is 0 Å². The Labute approximate surface area is 105 Å². The van der Waals surface area contributed by atoms with Crippen molar-refractivity contribution in [3.63, 3.8) is 0 Å². The first-order valence-corrected chi connectivity index (χ1v) is 5.93. The van der Waals surface area contributed by atoms with Gasteiger partial charge in [0.1, 0.15) is 5.69 Å². The maximum Gasteiger partial charge on any atom is 0.272 e. The van der Waals surface area contributed by atoms with E-state index in [1.54, 1.807) is 28.9 Å². The van der Waals surface area contributed by atoms with Crippen molar-refractivity contribution in [1.29, 1.82) is 0 Å². The molecule has 1 aromatic rings. The number of aromatic nitrogens is 2. The summed E-state index contributed by atoms with van der Waals surface area (Å²) in [6.45, 7) is 3.02. The van der Waals surface area contributed by atoms with Crippen molar-refractivity contribution in [2.24, 2.45) is 7.05 Å². The third kappa shape index (κ3) is 3.07. The minimum absolute atomic E-state index is 0.0232. The highest BCUT2D eigenvalue weighted by Gasteiger charge is 2.17. The second-order valence-corrected chi connectivity index (χ2v) is 4.19. The first-order chi connectivity index (χ1) is 8.66. The van der Waals surface area contributed by atoms with Crippen molar-refractivity contribution in [3.05, 3.63) is 18.0 Å². The summed E-state index contributed by atoms with van der Waals surface area (Å²) in [5, 5.41) is 9.72. The normalized spacial score (nSPS) is 15.5. The van der Waals surface area contributed by atoms with Crippen LogP contribution in [-0.4, -0.2) is 59.2 Å². The van der Waals surface area contributed by atoms with Crippen LogP contribution in [0.4, 0.5) is 0 Å². The molecule has 18 heavy (non-hydrogen) atoms. The summed E-state index contributed by atoms with van der Waals surface area (Å²) < 4.78 is 1.55. The highest BCUT2D eigenvalue weighted by atomic mass is 16.2. The van der Waals surface area contributed by atoms with Crippen LogP contribution < -0.4 is 10.6 Å².